The lowest BCUT2D eigenvalue weighted by Crippen LogP contribution is -2.13. The van der Waals surface area contributed by atoms with Gasteiger partial charge in [0.25, 0.3) is 0 Å². The highest BCUT2D eigenvalue weighted by molar-refractivity contribution is 5.82. The van der Waals surface area contributed by atoms with E-state index in [2.05, 4.69) is 0 Å². The molecule has 0 saturated heterocycles. The summed E-state index contributed by atoms with van der Waals surface area (Å²) in [6.45, 7) is 4.95. The average molecular weight is 234 g/mol. The summed E-state index contributed by atoms with van der Waals surface area (Å²) in [5, 5.41) is 0. The van der Waals surface area contributed by atoms with Crippen molar-refractivity contribution in [2.45, 2.75) is 32.8 Å². The minimum atomic E-state index is -0.430. The molecule has 0 aromatic heterocycles. The summed E-state index contributed by atoms with van der Waals surface area (Å²) in [6, 6.07) is 5.89. The van der Waals surface area contributed by atoms with Crippen molar-refractivity contribution < 1.29 is 14.3 Å². The molecule has 1 aliphatic rings. The molecule has 0 bridgehead atoms. The van der Waals surface area contributed by atoms with Crippen molar-refractivity contribution in [3.05, 3.63) is 29.3 Å². The first-order chi connectivity index (χ1) is 8.22. The van der Waals surface area contributed by atoms with Gasteiger partial charge in [-0.1, -0.05) is 13.0 Å². The summed E-state index contributed by atoms with van der Waals surface area (Å²) >= 11 is 0. The van der Waals surface area contributed by atoms with Gasteiger partial charge < -0.3 is 9.47 Å². The number of rotatable bonds is 5. The summed E-state index contributed by atoms with van der Waals surface area (Å²) in [4.78, 5) is 11.6. The van der Waals surface area contributed by atoms with E-state index in [1.165, 1.54) is 5.56 Å². The van der Waals surface area contributed by atoms with E-state index in [1.54, 1.807) is 6.92 Å². The number of benzene rings is 1. The van der Waals surface area contributed by atoms with Crippen molar-refractivity contribution in [2.24, 2.45) is 0 Å². The van der Waals surface area contributed by atoms with E-state index >= 15 is 0 Å². The predicted molar refractivity (Wildman–Crippen MR) is 65.3 cm³/mol. The zero-order valence-corrected chi connectivity index (χ0v) is 10.4. The first-order valence-electron chi connectivity index (χ1n) is 6.10. The van der Waals surface area contributed by atoms with Gasteiger partial charge in [-0.05, 0) is 36.6 Å². The fraction of sp³-hybridized carbons (Fsp3) is 0.500. The maximum absolute atomic E-state index is 11.6. The van der Waals surface area contributed by atoms with E-state index in [4.69, 9.17) is 9.47 Å². The van der Waals surface area contributed by atoms with Crippen molar-refractivity contribution in [2.75, 3.05) is 13.2 Å². The molecule has 1 aliphatic heterocycles. The largest absolute Gasteiger partial charge is 0.493 e. The molecule has 1 atom stereocenters. The Morgan fingerprint density at radius 2 is 2.35 bits per heavy atom. The predicted octanol–water partition coefficient (Wildman–Crippen LogP) is 2.68. The zero-order chi connectivity index (χ0) is 12.3. The van der Waals surface area contributed by atoms with Gasteiger partial charge in [-0.2, -0.15) is 0 Å². The third-order valence-electron chi connectivity index (χ3n) is 2.87. The molecule has 3 heteroatoms. The highest BCUT2D eigenvalue weighted by Gasteiger charge is 2.20. The Labute approximate surface area is 102 Å². The Kier molecular flexibility index (Phi) is 3.79. The highest BCUT2D eigenvalue weighted by atomic mass is 16.5. The van der Waals surface area contributed by atoms with Crippen LogP contribution in [0, 0.1) is 0 Å². The van der Waals surface area contributed by atoms with Gasteiger partial charge in [-0.15, -0.1) is 0 Å². The minimum Gasteiger partial charge on any atom is -0.493 e. The van der Waals surface area contributed by atoms with E-state index in [9.17, 15) is 4.79 Å². The molecule has 0 radical (unpaired) electrons. The molecule has 17 heavy (non-hydrogen) atoms. The van der Waals surface area contributed by atoms with Crippen LogP contribution in [0.25, 0.3) is 0 Å². The second-order valence-electron chi connectivity index (χ2n) is 4.33. The molecular weight excluding hydrogens is 216 g/mol. The molecule has 0 fully saturated rings. The Bertz CT molecular complexity index is 412. The standard InChI is InChI=1S/C14H18O3/c1-3-7-17-14(10(2)15)12-4-5-13-11(9-12)6-8-16-13/h4-5,9,14H,3,6-8H2,1-2H3. The van der Waals surface area contributed by atoms with Crippen molar-refractivity contribution in [1.29, 1.82) is 0 Å². The fourth-order valence-corrected chi connectivity index (χ4v) is 2.05. The van der Waals surface area contributed by atoms with Crippen molar-refractivity contribution >= 4 is 5.78 Å². The molecule has 0 aliphatic carbocycles. The third-order valence-corrected chi connectivity index (χ3v) is 2.87. The number of fused-ring (bicyclic) bond motifs is 1. The molecular formula is C14H18O3. The molecule has 0 spiro atoms. The van der Waals surface area contributed by atoms with Crippen molar-refractivity contribution in [1.82, 2.24) is 0 Å². The minimum absolute atomic E-state index is 0.0531. The van der Waals surface area contributed by atoms with E-state index < -0.39 is 6.10 Å². The lowest BCUT2D eigenvalue weighted by atomic mass is 10.0. The lowest BCUT2D eigenvalue weighted by Gasteiger charge is -2.15. The van der Waals surface area contributed by atoms with Gasteiger partial charge in [0.2, 0.25) is 0 Å². The van der Waals surface area contributed by atoms with Gasteiger partial charge in [0.15, 0.2) is 5.78 Å². The number of carbonyl (C=O) groups excluding carboxylic acids is 1. The lowest BCUT2D eigenvalue weighted by molar-refractivity contribution is -0.128. The van der Waals surface area contributed by atoms with Crippen LogP contribution in [-0.2, 0) is 16.0 Å². The number of Topliss-reactive ketones (excluding diaryl/α,β-unsaturated/α-hetero) is 1. The summed E-state index contributed by atoms with van der Waals surface area (Å²) in [6.07, 6.45) is 1.40. The van der Waals surface area contributed by atoms with Crippen LogP contribution in [0.1, 0.15) is 37.5 Å². The van der Waals surface area contributed by atoms with E-state index in [0.29, 0.717) is 6.61 Å². The van der Waals surface area contributed by atoms with Gasteiger partial charge >= 0.3 is 0 Å². The first kappa shape index (κ1) is 12.1. The van der Waals surface area contributed by atoms with Crippen molar-refractivity contribution in [3.63, 3.8) is 0 Å². The normalized spacial score (nSPS) is 15.2. The van der Waals surface area contributed by atoms with Crippen LogP contribution in [0.3, 0.4) is 0 Å². The number of ketones is 1. The van der Waals surface area contributed by atoms with Gasteiger partial charge in [0, 0.05) is 13.0 Å². The summed E-state index contributed by atoms with van der Waals surface area (Å²) in [5.74, 6) is 0.990. The average Bonchev–Trinajstić information content (AvgIpc) is 2.76. The van der Waals surface area contributed by atoms with Crippen molar-refractivity contribution in [3.8, 4) is 5.75 Å². The molecule has 92 valence electrons. The van der Waals surface area contributed by atoms with Crippen LogP contribution >= 0.6 is 0 Å². The number of hydrogen-bond acceptors (Lipinski definition) is 3. The summed E-state index contributed by atoms with van der Waals surface area (Å²) < 4.78 is 11.1. The summed E-state index contributed by atoms with van der Waals surface area (Å²) in [7, 11) is 0. The Hall–Kier alpha value is -1.35. The smallest absolute Gasteiger partial charge is 0.163 e. The van der Waals surface area contributed by atoms with Gasteiger partial charge in [-0.25, -0.2) is 0 Å². The van der Waals surface area contributed by atoms with Gasteiger partial charge in [0.05, 0.1) is 6.61 Å². The molecule has 3 nitrogen and oxygen atoms in total. The van der Waals surface area contributed by atoms with Gasteiger partial charge in [0.1, 0.15) is 11.9 Å². The van der Waals surface area contributed by atoms with Gasteiger partial charge in [-0.3, -0.25) is 4.79 Å². The number of hydrogen-bond donors (Lipinski definition) is 0. The van der Waals surface area contributed by atoms with Crippen LogP contribution in [-0.4, -0.2) is 19.0 Å². The van der Waals surface area contributed by atoms with Crippen LogP contribution in [0.4, 0.5) is 0 Å². The first-order valence-corrected chi connectivity index (χ1v) is 6.10. The van der Waals surface area contributed by atoms with Crippen LogP contribution < -0.4 is 4.74 Å². The molecule has 1 unspecified atom stereocenters. The maximum Gasteiger partial charge on any atom is 0.163 e. The zero-order valence-electron chi connectivity index (χ0n) is 10.4. The van der Waals surface area contributed by atoms with Crippen LogP contribution in [0.2, 0.25) is 0 Å². The molecule has 0 amide bonds. The van der Waals surface area contributed by atoms with Crippen LogP contribution in [0.15, 0.2) is 18.2 Å². The Morgan fingerprint density at radius 3 is 3.06 bits per heavy atom. The Balaban J connectivity index is 2.20. The number of carbonyl (C=O) groups is 1. The van der Waals surface area contributed by atoms with Crippen LogP contribution in [0.5, 0.6) is 5.75 Å². The number of ether oxygens (including phenoxy) is 2. The maximum atomic E-state index is 11.6. The Morgan fingerprint density at radius 1 is 1.53 bits per heavy atom. The quantitative estimate of drug-likeness (QED) is 0.785. The summed E-state index contributed by atoms with van der Waals surface area (Å²) in [5.41, 5.74) is 2.11. The fourth-order valence-electron chi connectivity index (χ4n) is 2.05. The molecule has 2 rings (SSSR count). The van der Waals surface area contributed by atoms with E-state index in [1.807, 2.05) is 25.1 Å². The van der Waals surface area contributed by atoms with E-state index in [0.717, 1.165) is 30.8 Å². The third kappa shape index (κ3) is 2.67. The molecule has 0 N–H and O–H groups in total. The molecule has 1 heterocycles. The monoisotopic (exact) mass is 234 g/mol. The van der Waals surface area contributed by atoms with E-state index in [-0.39, 0.29) is 5.78 Å². The molecule has 1 aromatic rings. The highest BCUT2D eigenvalue weighted by Crippen LogP contribution is 2.29. The molecule has 0 saturated carbocycles. The second kappa shape index (κ2) is 5.32. The topological polar surface area (TPSA) is 35.5 Å². The second-order valence-corrected chi connectivity index (χ2v) is 4.33. The SMILES string of the molecule is CCCOC(C(C)=O)c1ccc2c(c1)CCO2. The molecule has 1 aromatic carbocycles.